The smallest absolute Gasteiger partial charge is 0.235 e. The van der Waals surface area contributed by atoms with Crippen molar-refractivity contribution in [1.29, 1.82) is 0 Å². The van der Waals surface area contributed by atoms with E-state index in [-0.39, 0.29) is 5.91 Å². The molecule has 1 N–H and O–H groups in total. The Labute approximate surface area is 194 Å². The van der Waals surface area contributed by atoms with Gasteiger partial charge in [-0.15, -0.1) is 0 Å². The van der Waals surface area contributed by atoms with Crippen molar-refractivity contribution >= 4 is 23.2 Å². The molecule has 2 fully saturated rings. The second-order valence-corrected chi connectivity index (χ2v) is 8.60. The van der Waals surface area contributed by atoms with Gasteiger partial charge in [0.25, 0.3) is 0 Å². The van der Waals surface area contributed by atoms with Crippen LogP contribution in [0, 0.1) is 0 Å². The fourth-order valence-corrected chi connectivity index (χ4v) is 4.73. The van der Waals surface area contributed by atoms with Crippen molar-refractivity contribution in [1.82, 2.24) is 9.97 Å². The van der Waals surface area contributed by atoms with Gasteiger partial charge in [-0.2, -0.15) is 0 Å². The molecular formula is C26H29N5O2. The highest BCUT2D eigenvalue weighted by Crippen LogP contribution is 2.36. The molecule has 33 heavy (non-hydrogen) atoms. The average Bonchev–Trinajstić information content (AvgIpc) is 2.91. The Kier molecular flexibility index (Phi) is 6.21. The second-order valence-electron chi connectivity index (χ2n) is 8.60. The third kappa shape index (κ3) is 4.54. The normalized spacial score (nSPS) is 18.1. The van der Waals surface area contributed by atoms with Crippen LogP contribution in [0.1, 0.15) is 18.4 Å². The summed E-state index contributed by atoms with van der Waals surface area (Å²) in [6.45, 7) is 4.72. The summed E-state index contributed by atoms with van der Waals surface area (Å²) < 4.78 is 5.55. The van der Waals surface area contributed by atoms with Crippen molar-refractivity contribution in [2.75, 3.05) is 54.5 Å². The molecule has 1 aromatic heterocycles. The number of amides is 1. The van der Waals surface area contributed by atoms with Crippen molar-refractivity contribution in [2.45, 2.75) is 18.3 Å². The predicted octanol–water partition coefficient (Wildman–Crippen LogP) is 3.49. The first-order chi connectivity index (χ1) is 16.2. The number of para-hydroxylation sites is 1. The van der Waals surface area contributed by atoms with Gasteiger partial charge in [0.1, 0.15) is 0 Å². The largest absolute Gasteiger partial charge is 0.381 e. The van der Waals surface area contributed by atoms with Gasteiger partial charge in [-0.05, 0) is 30.5 Å². The summed E-state index contributed by atoms with van der Waals surface area (Å²) in [4.78, 5) is 27.1. The molecule has 0 radical (unpaired) electrons. The number of aromatic nitrogens is 2. The number of carbonyl (C=O) groups is 1. The fourth-order valence-electron chi connectivity index (χ4n) is 4.73. The van der Waals surface area contributed by atoms with Gasteiger partial charge in [-0.1, -0.05) is 48.5 Å². The van der Waals surface area contributed by atoms with E-state index < -0.39 is 5.41 Å². The van der Waals surface area contributed by atoms with Crippen LogP contribution < -0.4 is 15.1 Å². The number of ether oxygens (including phenoxy) is 1. The van der Waals surface area contributed by atoms with E-state index in [1.807, 2.05) is 36.4 Å². The van der Waals surface area contributed by atoms with Crippen LogP contribution in [-0.2, 0) is 14.9 Å². The molecular weight excluding hydrogens is 414 g/mol. The molecule has 1 amide bonds. The highest BCUT2D eigenvalue weighted by molar-refractivity contribution is 5.99. The number of carbonyl (C=O) groups excluding carboxylic acids is 1. The fraction of sp³-hybridized carbons (Fsp3) is 0.346. The lowest BCUT2D eigenvalue weighted by atomic mass is 9.73. The molecule has 5 rings (SSSR count). The average molecular weight is 444 g/mol. The molecule has 0 unspecified atom stereocenters. The summed E-state index contributed by atoms with van der Waals surface area (Å²) in [5.74, 6) is 0.675. The minimum absolute atomic E-state index is 0.0233. The molecule has 0 atom stereocenters. The van der Waals surface area contributed by atoms with E-state index in [0.29, 0.717) is 37.7 Å². The van der Waals surface area contributed by atoms with E-state index in [0.717, 1.165) is 31.7 Å². The van der Waals surface area contributed by atoms with Crippen molar-refractivity contribution in [2.24, 2.45) is 0 Å². The molecule has 7 nitrogen and oxygen atoms in total. The Morgan fingerprint density at radius 1 is 0.818 bits per heavy atom. The van der Waals surface area contributed by atoms with E-state index in [1.54, 1.807) is 12.4 Å². The molecule has 0 aliphatic carbocycles. The first-order valence-electron chi connectivity index (χ1n) is 11.6. The molecule has 0 bridgehead atoms. The molecule has 2 saturated heterocycles. The number of hydrogen-bond acceptors (Lipinski definition) is 6. The third-order valence-electron chi connectivity index (χ3n) is 6.69. The van der Waals surface area contributed by atoms with Crippen LogP contribution >= 0.6 is 0 Å². The summed E-state index contributed by atoms with van der Waals surface area (Å²) in [5.41, 5.74) is 2.30. The number of nitrogens with one attached hydrogen (secondary N) is 1. The van der Waals surface area contributed by atoms with Gasteiger partial charge in [-0.25, -0.2) is 9.97 Å². The topological polar surface area (TPSA) is 70.6 Å². The predicted molar refractivity (Wildman–Crippen MR) is 130 cm³/mol. The van der Waals surface area contributed by atoms with Crippen molar-refractivity contribution in [3.05, 3.63) is 78.6 Å². The van der Waals surface area contributed by atoms with Gasteiger partial charge in [0.15, 0.2) is 0 Å². The number of benzene rings is 2. The van der Waals surface area contributed by atoms with Crippen LogP contribution in [0.4, 0.5) is 17.3 Å². The number of nitrogens with zero attached hydrogens (tertiary/aromatic N) is 4. The van der Waals surface area contributed by atoms with Crippen LogP contribution in [0.25, 0.3) is 0 Å². The van der Waals surface area contributed by atoms with Gasteiger partial charge in [-0.3, -0.25) is 4.79 Å². The molecule has 170 valence electrons. The Bertz CT molecular complexity index is 1050. The third-order valence-corrected chi connectivity index (χ3v) is 6.69. The summed E-state index contributed by atoms with van der Waals surface area (Å²) in [7, 11) is 0. The quantitative estimate of drug-likeness (QED) is 0.651. The minimum Gasteiger partial charge on any atom is -0.381 e. The van der Waals surface area contributed by atoms with Crippen LogP contribution in [0.3, 0.4) is 0 Å². The van der Waals surface area contributed by atoms with Gasteiger partial charge in [0, 0.05) is 45.1 Å². The van der Waals surface area contributed by atoms with E-state index in [2.05, 4.69) is 49.4 Å². The van der Waals surface area contributed by atoms with E-state index >= 15 is 0 Å². The maximum atomic E-state index is 13.4. The van der Waals surface area contributed by atoms with Crippen LogP contribution in [0.5, 0.6) is 0 Å². The highest BCUT2D eigenvalue weighted by Gasteiger charge is 2.41. The minimum atomic E-state index is -0.591. The Hall–Kier alpha value is -3.45. The lowest BCUT2D eigenvalue weighted by Crippen LogP contribution is -2.47. The highest BCUT2D eigenvalue weighted by atomic mass is 16.5. The number of rotatable bonds is 5. The molecule has 0 spiro atoms. The Morgan fingerprint density at radius 3 is 2.03 bits per heavy atom. The van der Waals surface area contributed by atoms with Crippen LogP contribution in [0.15, 0.2) is 73.1 Å². The summed E-state index contributed by atoms with van der Waals surface area (Å²) in [6.07, 6.45) is 4.74. The van der Waals surface area contributed by atoms with Crippen molar-refractivity contribution in [3.8, 4) is 0 Å². The molecule has 7 heteroatoms. The maximum absolute atomic E-state index is 13.4. The van der Waals surface area contributed by atoms with Crippen molar-refractivity contribution in [3.63, 3.8) is 0 Å². The van der Waals surface area contributed by atoms with Crippen molar-refractivity contribution < 1.29 is 9.53 Å². The van der Waals surface area contributed by atoms with E-state index in [9.17, 15) is 4.79 Å². The summed E-state index contributed by atoms with van der Waals surface area (Å²) in [6, 6.07) is 20.5. The Morgan fingerprint density at radius 2 is 1.39 bits per heavy atom. The monoisotopic (exact) mass is 443 g/mol. The van der Waals surface area contributed by atoms with E-state index in [4.69, 9.17) is 4.74 Å². The molecule has 0 saturated carbocycles. The van der Waals surface area contributed by atoms with Gasteiger partial charge in [0.05, 0.1) is 23.5 Å². The van der Waals surface area contributed by atoms with Crippen LogP contribution in [0.2, 0.25) is 0 Å². The molecule has 2 aliphatic rings. The molecule has 3 heterocycles. The SMILES string of the molecule is O=C(Nc1cnc(N2CCN(c3ccccc3)CC2)nc1)C1(c2ccccc2)CCOCC1. The van der Waals surface area contributed by atoms with Gasteiger partial charge < -0.3 is 19.9 Å². The van der Waals surface area contributed by atoms with E-state index in [1.165, 1.54) is 5.69 Å². The summed E-state index contributed by atoms with van der Waals surface area (Å²) >= 11 is 0. The number of piperazine rings is 1. The molecule has 2 aromatic carbocycles. The number of anilines is 3. The van der Waals surface area contributed by atoms with Crippen LogP contribution in [-0.4, -0.2) is 55.3 Å². The number of hydrogen-bond donors (Lipinski definition) is 1. The second kappa shape index (κ2) is 9.58. The zero-order chi connectivity index (χ0) is 22.5. The Balaban J connectivity index is 1.24. The summed E-state index contributed by atoms with van der Waals surface area (Å²) in [5, 5.41) is 3.06. The molecule has 2 aliphatic heterocycles. The van der Waals surface area contributed by atoms with Gasteiger partial charge >= 0.3 is 0 Å². The first kappa shape index (κ1) is 21.4. The zero-order valence-electron chi connectivity index (χ0n) is 18.7. The molecule has 3 aromatic rings. The van der Waals surface area contributed by atoms with Gasteiger partial charge in [0.2, 0.25) is 11.9 Å². The zero-order valence-corrected chi connectivity index (χ0v) is 18.7. The first-order valence-corrected chi connectivity index (χ1v) is 11.6. The lowest BCUT2D eigenvalue weighted by Gasteiger charge is -2.36. The maximum Gasteiger partial charge on any atom is 0.235 e. The standard InChI is InChI=1S/C26H29N5O2/c32-24(26(11-17-33-18-12-26)21-7-3-1-4-8-21)29-22-19-27-25(28-20-22)31-15-13-30(14-16-31)23-9-5-2-6-10-23/h1-10,19-20H,11-18H2,(H,29,32). The lowest BCUT2D eigenvalue weighted by molar-refractivity contribution is -0.125.